The SMILES string of the molecule is Cc1nc2cc(F)ccc2cc1C(=O)N1CC(O)C1. The fraction of sp³-hybridized carbons (Fsp3) is 0.286. The molecule has 1 aromatic carbocycles. The summed E-state index contributed by atoms with van der Waals surface area (Å²) in [5.74, 6) is -0.481. The fourth-order valence-corrected chi connectivity index (χ4v) is 2.24. The Morgan fingerprint density at radius 2 is 2.16 bits per heavy atom. The van der Waals surface area contributed by atoms with Crippen molar-refractivity contribution < 1.29 is 14.3 Å². The monoisotopic (exact) mass is 260 g/mol. The molecule has 19 heavy (non-hydrogen) atoms. The van der Waals surface area contributed by atoms with E-state index in [4.69, 9.17) is 0 Å². The second-order valence-electron chi connectivity index (χ2n) is 4.82. The Morgan fingerprint density at radius 1 is 1.42 bits per heavy atom. The number of carbonyl (C=O) groups is 1. The molecular weight excluding hydrogens is 247 g/mol. The summed E-state index contributed by atoms with van der Waals surface area (Å²) < 4.78 is 13.1. The van der Waals surface area contributed by atoms with Crippen molar-refractivity contribution >= 4 is 16.8 Å². The standard InChI is InChI=1S/C14H13FN2O2/c1-8-12(14(19)17-6-11(18)7-17)4-9-2-3-10(15)5-13(9)16-8/h2-5,11,18H,6-7H2,1H3. The maximum atomic E-state index is 13.1. The Kier molecular flexibility index (Phi) is 2.71. The van der Waals surface area contributed by atoms with Crippen LogP contribution in [0.4, 0.5) is 4.39 Å². The molecule has 0 spiro atoms. The largest absolute Gasteiger partial charge is 0.389 e. The number of aromatic nitrogens is 1. The summed E-state index contributed by atoms with van der Waals surface area (Å²) in [7, 11) is 0. The first-order chi connectivity index (χ1) is 9.04. The van der Waals surface area contributed by atoms with Crippen molar-refractivity contribution in [2.24, 2.45) is 0 Å². The number of likely N-dealkylation sites (tertiary alicyclic amines) is 1. The van der Waals surface area contributed by atoms with Gasteiger partial charge in [-0.1, -0.05) is 0 Å². The minimum absolute atomic E-state index is 0.137. The number of nitrogens with zero attached hydrogens (tertiary/aromatic N) is 2. The van der Waals surface area contributed by atoms with E-state index in [-0.39, 0.29) is 11.7 Å². The molecule has 1 aliphatic heterocycles. The van der Waals surface area contributed by atoms with Crippen molar-refractivity contribution in [3.63, 3.8) is 0 Å². The molecule has 2 heterocycles. The van der Waals surface area contributed by atoms with Gasteiger partial charge in [-0.15, -0.1) is 0 Å². The topological polar surface area (TPSA) is 53.4 Å². The zero-order valence-corrected chi connectivity index (χ0v) is 10.4. The molecule has 5 heteroatoms. The third-order valence-electron chi connectivity index (χ3n) is 3.35. The average molecular weight is 260 g/mol. The first kappa shape index (κ1) is 12.0. The third kappa shape index (κ3) is 2.06. The molecule has 1 fully saturated rings. The maximum absolute atomic E-state index is 13.1. The smallest absolute Gasteiger partial charge is 0.255 e. The van der Waals surface area contributed by atoms with Crippen LogP contribution in [0.15, 0.2) is 24.3 Å². The number of aliphatic hydroxyl groups excluding tert-OH is 1. The summed E-state index contributed by atoms with van der Waals surface area (Å²) in [5, 5.41) is 9.97. The lowest BCUT2D eigenvalue weighted by molar-refractivity contribution is 0.00582. The Bertz CT molecular complexity index is 666. The van der Waals surface area contributed by atoms with Gasteiger partial charge in [-0.3, -0.25) is 9.78 Å². The zero-order valence-electron chi connectivity index (χ0n) is 10.4. The van der Waals surface area contributed by atoms with Gasteiger partial charge < -0.3 is 10.0 Å². The number of aryl methyl sites for hydroxylation is 1. The summed E-state index contributed by atoms with van der Waals surface area (Å²) in [6.45, 7) is 2.45. The van der Waals surface area contributed by atoms with Crippen LogP contribution in [-0.4, -0.2) is 40.1 Å². The van der Waals surface area contributed by atoms with E-state index in [1.165, 1.54) is 12.1 Å². The van der Waals surface area contributed by atoms with Gasteiger partial charge >= 0.3 is 0 Å². The van der Waals surface area contributed by atoms with Gasteiger partial charge in [0.1, 0.15) is 5.82 Å². The van der Waals surface area contributed by atoms with Crippen LogP contribution in [0, 0.1) is 12.7 Å². The normalized spacial score (nSPS) is 15.6. The van der Waals surface area contributed by atoms with Crippen LogP contribution < -0.4 is 0 Å². The highest BCUT2D eigenvalue weighted by Gasteiger charge is 2.30. The van der Waals surface area contributed by atoms with Crippen LogP contribution in [0.5, 0.6) is 0 Å². The van der Waals surface area contributed by atoms with Gasteiger partial charge in [0.05, 0.1) is 22.9 Å². The number of hydrogen-bond donors (Lipinski definition) is 1. The van der Waals surface area contributed by atoms with Crippen molar-refractivity contribution in [3.8, 4) is 0 Å². The minimum atomic E-state index is -0.424. The second-order valence-corrected chi connectivity index (χ2v) is 4.82. The predicted molar refractivity (Wildman–Crippen MR) is 68.3 cm³/mol. The van der Waals surface area contributed by atoms with Gasteiger partial charge in [0, 0.05) is 24.5 Å². The maximum Gasteiger partial charge on any atom is 0.255 e. The molecular formula is C14H13FN2O2. The van der Waals surface area contributed by atoms with E-state index >= 15 is 0 Å². The number of hydrogen-bond acceptors (Lipinski definition) is 3. The quantitative estimate of drug-likeness (QED) is 0.845. The number of carbonyl (C=O) groups excluding carboxylic acids is 1. The number of amides is 1. The van der Waals surface area contributed by atoms with E-state index in [0.717, 1.165) is 5.39 Å². The van der Waals surface area contributed by atoms with Gasteiger partial charge in [0.15, 0.2) is 0 Å². The molecule has 1 saturated heterocycles. The second kappa shape index (κ2) is 4.28. The van der Waals surface area contributed by atoms with Crippen LogP contribution >= 0.6 is 0 Å². The first-order valence-electron chi connectivity index (χ1n) is 6.09. The molecule has 0 unspecified atom stereocenters. The number of fused-ring (bicyclic) bond motifs is 1. The molecule has 0 bridgehead atoms. The van der Waals surface area contributed by atoms with Crippen LogP contribution in [0.2, 0.25) is 0 Å². The number of rotatable bonds is 1. The molecule has 1 amide bonds. The number of pyridine rings is 1. The first-order valence-corrected chi connectivity index (χ1v) is 6.09. The van der Waals surface area contributed by atoms with Crippen molar-refractivity contribution in [3.05, 3.63) is 41.3 Å². The summed E-state index contributed by atoms with van der Waals surface area (Å²) in [6, 6.07) is 6.04. The molecule has 3 rings (SSSR count). The van der Waals surface area contributed by atoms with Gasteiger partial charge in [-0.2, -0.15) is 0 Å². The predicted octanol–water partition coefficient (Wildman–Crippen LogP) is 1.50. The van der Waals surface area contributed by atoms with E-state index < -0.39 is 6.10 Å². The van der Waals surface area contributed by atoms with Crippen LogP contribution in [0.1, 0.15) is 16.1 Å². The molecule has 0 atom stereocenters. The van der Waals surface area contributed by atoms with E-state index in [1.54, 1.807) is 24.0 Å². The van der Waals surface area contributed by atoms with E-state index in [1.807, 2.05) is 0 Å². The fourth-order valence-electron chi connectivity index (χ4n) is 2.24. The Morgan fingerprint density at radius 3 is 2.84 bits per heavy atom. The molecule has 1 aliphatic rings. The molecule has 98 valence electrons. The number of benzene rings is 1. The third-order valence-corrected chi connectivity index (χ3v) is 3.35. The lowest BCUT2D eigenvalue weighted by atomic mass is 10.1. The summed E-state index contributed by atoms with van der Waals surface area (Å²) >= 11 is 0. The number of β-amino-alcohol motifs (C(OH)–C–C–N with tert-alkyl or cyclic N) is 1. The van der Waals surface area contributed by atoms with Gasteiger partial charge in [0.25, 0.3) is 5.91 Å². The average Bonchev–Trinajstić information content (AvgIpc) is 2.33. The van der Waals surface area contributed by atoms with Crippen molar-refractivity contribution in [1.82, 2.24) is 9.88 Å². The number of halogens is 1. The van der Waals surface area contributed by atoms with Crippen LogP contribution in [0.3, 0.4) is 0 Å². The van der Waals surface area contributed by atoms with Gasteiger partial charge in [-0.25, -0.2) is 4.39 Å². The molecule has 0 saturated carbocycles. The molecule has 0 aliphatic carbocycles. The Balaban J connectivity index is 2.02. The van der Waals surface area contributed by atoms with E-state index in [9.17, 15) is 14.3 Å². The van der Waals surface area contributed by atoms with Gasteiger partial charge in [0.2, 0.25) is 0 Å². The molecule has 0 radical (unpaired) electrons. The van der Waals surface area contributed by atoms with Crippen molar-refractivity contribution in [2.75, 3.05) is 13.1 Å². The van der Waals surface area contributed by atoms with E-state index in [0.29, 0.717) is 29.9 Å². The summed E-state index contributed by atoms with van der Waals surface area (Å²) in [5.41, 5.74) is 1.62. The Hall–Kier alpha value is -2.01. The minimum Gasteiger partial charge on any atom is -0.389 e. The zero-order chi connectivity index (χ0) is 13.6. The summed E-state index contributed by atoms with van der Waals surface area (Å²) in [4.78, 5) is 18.0. The molecule has 1 N–H and O–H groups in total. The van der Waals surface area contributed by atoms with Crippen LogP contribution in [0.25, 0.3) is 10.9 Å². The number of aliphatic hydroxyl groups is 1. The highest BCUT2D eigenvalue weighted by molar-refractivity contribution is 5.99. The highest BCUT2D eigenvalue weighted by atomic mass is 19.1. The lowest BCUT2D eigenvalue weighted by Gasteiger charge is -2.36. The summed E-state index contributed by atoms with van der Waals surface area (Å²) in [6.07, 6.45) is -0.424. The van der Waals surface area contributed by atoms with E-state index in [2.05, 4.69) is 4.98 Å². The molecule has 4 nitrogen and oxygen atoms in total. The Labute approximate surface area is 109 Å². The molecule has 2 aromatic rings. The van der Waals surface area contributed by atoms with Crippen LogP contribution in [-0.2, 0) is 0 Å². The highest BCUT2D eigenvalue weighted by Crippen LogP contribution is 2.21. The van der Waals surface area contributed by atoms with Crippen molar-refractivity contribution in [2.45, 2.75) is 13.0 Å². The van der Waals surface area contributed by atoms with Gasteiger partial charge in [-0.05, 0) is 25.1 Å². The lowest BCUT2D eigenvalue weighted by Crippen LogP contribution is -2.53. The van der Waals surface area contributed by atoms with Crippen molar-refractivity contribution in [1.29, 1.82) is 0 Å². The molecule has 1 aromatic heterocycles.